The standard InChI is InChI=1S/C4H4N2O4/c1-6-2(3(7)8)4(9)10-5-6/h1H3,(H-,5,7,8,9). The number of hydrogen-bond acceptors (Lipinski definition) is 4. The van der Waals surface area contributed by atoms with E-state index < -0.39 is 17.3 Å². The Hall–Kier alpha value is -1.59. The molecule has 1 heterocycles. The Balaban J connectivity index is 3.37. The lowest BCUT2D eigenvalue weighted by Gasteiger charge is -1.86. The molecule has 1 aromatic rings. The number of aromatic amines is 1. The molecule has 6 heteroatoms. The predicted molar refractivity (Wildman–Crippen MR) is 24.8 cm³/mol. The Morgan fingerprint density at radius 2 is 2.40 bits per heavy atom. The third kappa shape index (κ3) is 0.790. The molecular weight excluding hydrogens is 140 g/mol. The van der Waals surface area contributed by atoms with Crippen molar-refractivity contribution in [3.63, 3.8) is 0 Å². The minimum atomic E-state index is -1.56. The van der Waals surface area contributed by atoms with Gasteiger partial charge in [-0.25, -0.2) is 4.79 Å². The van der Waals surface area contributed by atoms with E-state index in [9.17, 15) is 14.7 Å². The summed E-state index contributed by atoms with van der Waals surface area (Å²) in [5, 5.41) is 12.1. The highest BCUT2D eigenvalue weighted by Gasteiger charge is 2.17. The van der Waals surface area contributed by atoms with E-state index in [1.54, 1.807) is 0 Å². The van der Waals surface area contributed by atoms with Gasteiger partial charge in [-0.05, 0) is 5.27 Å². The first kappa shape index (κ1) is 6.53. The van der Waals surface area contributed by atoms with E-state index in [4.69, 9.17) is 0 Å². The van der Waals surface area contributed by atoms with Gasteiger partial charge in [0.2, 0.25) is 0 Å². The Morgan fingerprint density at radius 3 is 2.60 bits per heavy atom. The fourth-order valence-electron chi connectivity index (χ4n) is 0.561. The number of carbonyl (C=O) groups is 1. The topological polar surface area (TPSA) is 90.0 Å². The zero-order valence-electron chi connectivity index (χ0n) is 5.08. The van der Waals surface area contributed by atoms with Gasteiger partial charge >= 0.3 is 11.3 Å². The van der Waals surface area contributed by atoms with Gasteiger partial charge in [-0.3, -0.25) is 4.52 Å². The van der Waals surface area contributed by atoms with E-state index in [2.05, 4.69) is 4.52 Å². The Bertz CT molecular complexity index is 309. The maximum Gasteiger partial charge on any atom is 0.436 e. The molecule has 0 unspecified atom stereocenters. The molecule has 0 spiro atoms. The number of H-pyrrole nitrogens is 1. The van der Waals surface area contributed by atoms with Crippen LogP contribution in [-0.2, 0) is 7.05 Å². The number of carbonyl (C=O) groups excluding carboxylic acids is 1. The van der Waals surface area contributed by atoms with E-state index in [0.717, 1.165) is 4.68 Å². The van der Waals surface area contributed by atoms with Gasteiger partial charge in [0, 0.05) is 0 Å². The van der Waals surface area contributed by atoms with Gasteiger partial charge in [-0.1, -0.05) is 4.68 Å². The summed E-state index contributed by atoms with van der Waals surface area (Å²) >= 11 is 0. The van der Waals surface area contributed by atoms with Crippen LogP contribution in [-0.4, -0.2) is 11.2 Å². The largest absolute Gasteiger partial charge is 0.539 e. The number of rotatable bonds is 1. The first-order valence-electron chi connectivity index (χ1n) is 2.42. The van der Waals surface area contributed by atoms with Crippen molar-refractivity contribution in [3.05, 3.63) is 16.1 Å². The summed E-state index contributed by atoms with van der Waals surface area (Å²) in [4.78, 5) is 20.5. The van der Waals surface area contributed by atoms with Gasteiger partial charge < -0.3 is 9.90 Å². The molecule has 1 rings (SSSR count). The zero-order valence-corrected chi connectivity index (χ0v) is 5.08. The molecule has 0 saturated heterocycles. The lowest BCUT2D eigenvalue weighted by molar-refractivity contribution is -0.743. The normalized spacial score (nSPS) is 9.70. The quantitative estimate of drug-likeness (QED) is 0.430. The van der Waals surface area contributed by atoms with Crippen molar-refractivity contribution in [1.82, 2.24) is 5.27 Å². The minimum absolute atomic E-state index is 0.528. The second-order valence-corrected chi connectivity index (χ2v) is 1.68. The summed E-state index contributed by atoms with van der Waals surface area (Å²) in [6.45, 7) is 0. The summed E-state index contributed by atoms with van der Waals surface area (Å²) < 4.78 is 5.05. The highest BCUT2D eigenvalue weighted by Crippen LogP contribution is 1.73. The van der Waals surface area contributed by atoms with Crippen molar-refractivity contribution < 1.29 is 19.1 Å². The van der Waals surface area contributed by atoms with Crippen LogP contribution in [0.2, 0.25) is 0 Å². The molecular formula is C4H4N2O4. The second kappa shape index (κ2) is 1.98. The number of nitrogens with zero attached hydrogens (tertiary/aromatic N) is 1. The van der Waals surface area contributed by atoms with Crippen LogP contribution in [0.3, 0.4) is 0 Å². The molecule has 10 heavy (non-hydrogen) atoms. The number of carboxylic acid groups (broad SMARTS) is 1. The Morgan fingerprint density at radius 1 is 1.80 bits per heavy atom. The number of carboxylic acids is 1. The van der Waals surface area contributed by atoms with Gasteiger partial charge in [0.15, 0.2) is 7.05 Å². The van der Waals surface area contributed by atoms with Gasteiger partial charge in [0.25, 0.3) is 0 Å². The number of hydrogen-bond donors (Lipinski definition) is 1. The molecule has 0 saturated carbocycles. The van der Waals surface area contributed by atoms with E-state index in [1.807, 2.05) is 5.27 Å². The average molecular weight is 144 g/mol. The SMILES string of the molecule is C[n+]1[nH]oc(=O)c1C(=O)[O-]. The summed E-state index contributed by atoms with van der Waals surface area (Å²) in [7, 11) is 1.33. The van der Waals surface area contributed by atoms with Crippen molar-refractivity contribution in [2.24, 2.45) is 7.05 Å². The number of aryl methyl sites for hydroxylation is 1. The van der Waals surface area contributed by atoms with Crippen LogP contribution in [0.1, 0.15) is 10.5 Å². The molecule has 0 radical (unpaired) electrons. The molecule has 0 amide bonds. The van der Waals surface area contributed by atoms with Gasteiger partial charge in [-0.15, -0.1) is 0 Å². The minimum Gasteiger partial charge on any atom is -0.539 e. The Kier molecular flexibility index (Phi) is 1.29. The monoisotopic (exact) mass is 144 g/mol. The summed E-state index contributed by atoms with van der Waals surface area (Å²) in [5.74, 6) is -1.56. The van der Waals surface area contributed by atoms with Crippen LogP contribution in [0.15, 0.2) is 9.32 Å². The summed E-state index contributed by atoms with van der Waals surface area (Å²) in [6, 6.07) is 0. The van der Waals surface area contributed by atoms with Crippen LogP contribution in [0.25, 0.3) is 0 Å². The predicted octanol–water partition coefficient (Wildman–Crippen LogP) is -2.84. The van der Waals surface area contributed by atoms with E-state index in [-0.39, 0.29) is 0 Å². The fourth-order valence-corrected chi connectivity index (χ4v) is 0.561. The van der Waals surface area contributed by atoms with Gasteiger partial charge in [0.1, 0.15) is 5.97 Å². The highest BCUT2D eigenvalue weighted by atomic mass is 16.5. The molecule has 1 aromatic heterocycles. The van der Waals surface area contributed by atoms with Crippen molar-refractivity contribution >= 4 is 5.97 Å². The van der Waals surface area contributed by atoms with E-state index >= 15 is 0 Å². The van der Waals surface area contributed by atoms with Crippen LogP contribution in [0.5, 0.6) is 0 Å². The van der Waals surface area contributed by atoms with Crippen LogP contribution >= 0.6 is 0 Å². The molecule has 54 valence electrons. The summed E-state index contributed by atoms with van der Waals surface area (Å²) in [6.07, 6.45) is 0. The third-order valence-electron chi connectivity index (χ3n) is 0.997. The van der Waals surface area contributed by atoms with Crippen molar-refractivity contribution in [2.75, 3.05) is 0 Å². The van der Waals surface area contributed by atoms with Gasteiger partial charge in [-0.2, -0.15) is 0 Å². The van der Waals surface area contributed by atoms with Crippen molar-refractivity contribution in [2.45, 2.75) is 0 Å². The van der Waals surface area contributed by atoms with Crippen LogP contribution in [0, 0.1) is 0 Å². The second-order valence-electron chi connectivity index (χ2n) is 1.68. The molecule has 0 bridgehead atoms. The van der Waals surface area contributed by atoms with Gasteiger partial charge in [0.05, 0.1) is 0 Å². The first-order valence-corrected chi connectivity index (χ1v) is 2.42. The number of aromatic carboxylic acids is 1. The molecule has 0 aliphatic carbocycles. The molecule has 6 nitrogen and oxygen atoms in total. The highest BCUT2D eigenvalue weighted by molar-refractivity contribution is 5.80. The molecule has 0 aliphatic rings. The fraction of sp³-hybridized carbons (Fsp3) is 0.250. The molecule has 0 fully saturated rings. The molecule has 0 aromatic carbocycles. The Labute approximate surface area is 54.6 Å². The average Bonchev–Trinajstić information content (AvgIpc) is 2.11. The molecule has 1 N–H and O–H groups in total. The third-order valence-corrected chi connectivity index (χ3v) is 0.997. The van der Waals surface area contributed by atoms with Crippen LogP contribution in [0.4, 0.5) is 0 Å². The molecule has 0 atom stereocenters. The van der Waals surface area contributed by atoms with E-state index in [1.165, 1.54) is 7.05 Å². The van der Waals surface area contributed by atoms with E-state index in [0.29, 0.717) is 0 Å². The first-order chi connectivity index (χ1) is 4.63. The van der Waals surface area contributed by atoms with Crippen molar-refractivity contribution in [1.29, 1.82) is 0 Å². The lowest BCUT2D eigenvalue weighted by Crippen LogP contribution is -2.44. The summed E-state index contributed by atoms with van der Waals surface area (Å²) in [5.41, 5.74) is -1.47. The van der Waals surface area contributed by atoms with Crippen LogP contribution < -0.4 is 15.4 Å². The number of nitrogens with one attached hydrogen (secondary N) is 1. The molecule has 0 aliphatic heterocycles. The van der Waals surface area contributed by atoms with Crippen molar-refractivity contribution in [3.8, 4) is 0 Å². The maximum absolute atomic E-state index is 10.4. The lowest BCUT2D eigenvalue weighted by atomic mass is 10.5. The maximum atomic E-state index is 10.4. The number of aromatic nitrogens is 2. The smallest absolute Gasteiger partial charge is 0.436 e. The zero-order chi connectivity index (χ0) is 7.72.